The van der Waals surface area contributed by atoms with Crippen molar-refractivity contribution in [3.8, 4) is 22.8 Å². The largest absolute Gasteiger partial charge is 0.495 e. The second-order valence-corrected chi connectivity index (χ2v) is 6.98. The maximum atomic E-state index is 12.4. The molecule has 0 N–H and O–H groups in total. The van der Waals surface area contributed by atoms with Crippen molar-refractivity contribution in [2.45, 2.75) is 19.0 Å². The van der Waals surface area contributed by atoms with E-state index < -0.39 is 0 Å². The zero-order chi connectivity index (χ0) is 19.9. The van der Waals surface area contributed by atoms with Crippen LogP contribution in [0, 0.1) is 0 Å². The average molecular weight is 397 g/mol. The smallest absolute Gasteiger partial charge is 0.233 e. The number of aromatic nitrogens is 3. The zero-order valence-corrected chi connectivity index (χ0v) is 17.1. The molecule has 6 nitrogen and oxygen atoms in total. The van der Waals surface area contributed by atoms with Crippen LogP contribution >= 0.6 is 11.8 Å². The van der Waals surface area contributed by atoms with Gasteiger partial charge in [-0.15, -0.1) is 10.2 Å². The van der Waals surface area contributed by atoms with Gasteiger partial charge in [-0.05, 0) is 26.0 Å². The predicted molar refractivity (Wildman–Crippen MR) is 112 cm³/mol. The maximum Gasteiger partial charge on any atom is 0.233 e. The van der Waals surface area contributed by atoms with Crippen LogP contribution in [0.25, 0.3) is 17.1 Å². The summed E-state index contributed by atoms with van der Waals surface area (Å²) < 4.78 is 7.51. The minimum Gasteiger partial charge on any atom is -0.495 e. The van der Waals surface area contributed by atoms with Gasteiger partial charge in [0, 0.05) is 18.7 Å². The number of ether oxygens (including phenoxy) is 1. The predicted octanol–water partition coefficient (Wildman–Crippen LogP) is 3.90. The minimum atomic E-state index is 0.0887. The summed E-state index contributed by atoms with van der Waals surface area (Å²) in [5.74, 6) is 1.83. The van der Waals surface area contributed by atoms with Crippen molar-refractivity contribution in [2.75, 3.05) is 26.0 Å². The third kappa shape index (κ3) is 4.20. The molecule has 0 aliphatic rings. The van der Waals surface area contributed by atoms with Crippen molar-refractivity contribution in [1.29, 1.82) is 0 Å². The molecule has 0 atom stereocenters. The van der Waals surface area contributed by atoms with Gasteiger partial charge in [-0.25, -0.2) is 0 Å². The molecule has 3 aromatic rings. The van der Waals surface area contributed by atoms with Crippen LogP contribution in [0.5, 0.6) is 5.75 Å². The SMILES string of the molecule is CCN(CC)C(=O)CSc1nnc(-c2ccccc2)n1-c1ccccc1OC. The Hall–Kier alpha value is -2.80. The number of carbonyl (C=O) groups is 1. The molecule has 0 fully saturated rings. The van der Waals surface area contributed by atoms with Crippen LogP contribution in [-0.2, 0) is 4.79 Å². The molecule has 28 heavy (non-hydrogen) atoms. The fourth-order valence-electron chi connectivity index (χ4n) is 2.96. The van der Waals surface area contributed by atoms with Gasteiger partial charge < -0.3 is 9.64 Å². The normalized spacial score (nSPS) is 10.7. The molecule has 0 bridgehead atoms. The Morgan fingerprint density at radius 1 is 1.04 bits per heavy atom. The molecule has 146 valence electrons. The van der Waals surface area contributed by atoms with Gasteiger partial charge >= 0.3 is 0 Å². The monoisotopic (exact) mass is 396 g/mol. The van der Waals surface area contributed by atoms with Crippen LogP contribution in [0.1, 0.15) is 13.8 Å². The van der Waals surface area contributed by atoms with Gasteiger partial charge in [0.1, 0.15) is 5.75 Å². The summed E-state index contributed by atoms with van der Waals surface area (Å²) in [6.45, 7) is 5.36. The lowest BCUT2D eigenvalue weighted by atomic mass is 10.2. The van der Waals surface area contributed by atoms with Gasteiger partial charge in [-0.2, -0.15) is 0 Å². The van der Waals surface area contributed by atoms with E-state index in [1.807, 2.05) is 77.9 Å². The van der Waals surface area contributed by atoms with Gasteiger partial charge in [-0.3, -0.25) is 9.36 Å². The first kappa shape index (κ1) is 19.9. The molecule has 0 saturated heterocycles. The van der Waals surface area contributed by atoms with E-state index in [1.54, 1.807) is 7.11 Å². The van der Waals surface area contributed by atoms with Gasteiger partial charge in [-0.1, -0.05) is 54.2 Å². The molecule has 1 aromatic heterocycles. The second kappa shape index (κ2) is 9.41. The van der Waals surface area contributed by atoms with E-state index in [1.165, 1.54) is 11.8 Å². The number of hydrogen-bond acceptors (Lipinski definition) is 5. The summed E-state index contributed by atoms with van der Waals surface area (Å²) >= 11 is 1.39. The van der Waals surface area contributed by atoms with Crippen LogP contribution in [0.4, 0.5) is 0 Å². The Morgan fingerprint density at radius 3 is 2.39 bits per heavy atom. The van der Waals surface area contributed by atoms with E-state index in [-0.39, 0.29) is 5.91 Å². The molecule has 2 aromatic carbocycles. The Labute approximate surface area is 169 Å². The molecule has 7 heteroatoms. The van der Waals surface area contributed by atoms with Crippen LogP contribution in [-0.4, -0.2) is 51.5 Å². The van der Waals surface area contributed by atoms with E-state index >= 15 is 0 Å². The van der Waals surface area contributed by atoms with E-state index in [2.05, 4.69) is 10.2 Å². The van der Waals surface area contributed by atoms with Crippen LogP contribution in [0.2, 0.25) is 0 Å². The number of methoxy groups -OCH3 is 1. The van der Waals surface area contributed by atoms with E-state index in [0.717, 1.165) is 17.0 Å². The molecule has 3 rings (SSSR count). The molecular formula is C21H24N4O2S. The third-order valence-electron chi connectivity index (χ3n) is 4.43. The fourth-order valence-corrected chi connectivity index (χ4v) is 3.81. The first-order valence-electron chi connectivity index (χ1n) is 9.24. The fraction of sp³-hybridized carbons (Fsp3) is 0.286. The molecule has 0 saturated carbocycles. The molecule has 1 amide bonds. The van der Waals surface area contributed by atoms with Crippen molar-refractivity contribution in [2.24, 2.45) is 0 Å². The van der Waals surface area contributed by atoms with Crippen LogP contribution < -0.4 is 4.74 Å². The number of amides is 1. The van der Waals surface area contributed by atoms with Crippen molar-refractivity contribution >= 4 is 17.7 Å². The highest BCUT2D eigenvalue weighted by Gasteiger charge is 2.20. The Bertz CT molecular complexity index is 923. The van der Waals surface area contributed by atoms with Crippen LogP contribution in [0.3, 0.4) is 0 Å². The van der Waals surface area contributed by atoms with Gasteiger partial charge in [0.2, 0.25) is 5.91 Å². The highest BCUT2D eigenvalue weighted by Crippen LogP contribution is 2.32. The molecule has 0 spiro atoms. The Balaban J connectivity index is 2.01. The number of nitrogens with zero attached hydrogens (tertiary/aromatic N) is 4. The summed E-state index contributed by atoms with van der Waals surface area (Å²) in [4.78, 5) is 14.3. The molecule has 0 radical (unpaired) electrons. The highest BCUT2D eigenvalue weighted by molar-refractivity contribution is 7.99. The lowest BCUT2D eigenvalue weighted by Crippen LogP contribution is -2.31. The van der Waals surface area contributed by atoms with Crippen molar-refractivity contribution in [3.63, 3.8) is 0 Å². The maximum absolute atomic E-state index is 12.4. The lowest BCUT2D eigenvalue weighted by Gasteiger charge is -2.18. The second-order valence-electron chi connectivity index (χ2n) is 6.03. The summed E-state index contributed by atoms with van der Waals surface area (Å²) in [7, 11) is 1.64. The quantitative estimate of drug-likeness (QED) is 0.541. The van der Waals surface area contributed by atoms with Crippen molar-refractivity contribution in [1.82, 2.24) is 19.7 Å². The van der Waals surface area contributed by atoms with E-state index in [9.17, 15) is 4.79 Å². The molecule has 0 aliphatic carbocycles. The average Bonchev–Trinajstić information content (AvgIpc) is 3.17. The molecular weight excluding hydrogens is 372 g/mol. The number of rotatable bonds is 8. The zero-order valence-electron chi connectivity index (χ0n) is 16.3. The molecule has 0 aliphatic heterocycles. The first-order chi connectivity index (χ1) is 13.7. The molecule has 0 unspecified atom stereocenters. The van der Waals surface area contributed by atoms with Gasteiger partial charge in [0.25, 0.3) is 0 Å². The van der Waals surface area contributed by atoms with E-state index in [0.29, 0.717) is 29.8 Å². The number of para-hydroxylation sites is 2. The summed E-state index contributed by atoms with van der Waals surface area (Å²) in [5, 5.41) is 9.45. The van der Waals surface area contributed by atoms with E-state index in [4.69, 9.17) is 4.74 Å². The summed E-state index contributed by atoms with van der Waals surface area (Å²) in [6.07, 6.45) is 0. The van der Waals surface area contributed by atoms with Crippen LogP contribution in [0.15, 0.2) is 59.8 Å². The molecule has 1 heterocycles. The third-order valence-corrected chi connectivity index (χ3v) is 5.35. The first-order valence-corrected chi connectivity index (χ1v) is 10.2. The number of hydrogen-bond donors (Lipinski definition) is 0. The standard InChI is InChI=1S/C21H24N4O2S/c1-4-24(5-2)19(26)15-28-21-23-22-20(16-11-7-6-8-12-16)25(21)17-13-9-10-14-18(17)27-3/h6-14H,4-5,15H2,1-3H3. The van der Waals surface area contributed by atoms with Gasteiger partial charge in [0.15, 0.2) is 11.0 Å². The number of benzene rings is 2. The number of thioether (sulfide) groups is 1. The van der Waals surface area contributed by atoms with Crippen molar-refractivity contribution in [3.05, 3.63) is 54.6 Å². The Kier molecular flexibility index (Phi) is 6.71. The topological polar surface area (TPSA) is 60.2 Å². The van der Waals surface area contributed by atoms with Crippen molar-refractivity contribution < 1.29 is 9.53 Å². The number of carbonyl (C=O) groups excluding carboxylic acids is 1. The van der Waals surface area contributed by atoms with Gasteiger partial charge in [0.05, 0.1) is 18.6 Å². The lowest BCUT2D eigenvalue weighted by molar-refractivity contribution is -0.127. The Morgan fingerprint density at radius 2 is 1.71 bits per heavy atom. The summed E-state index contributed by atoms with van der Waals surface area (Å²) in [6, 6.07) is 17.6. The highest BCUT2D eigenvalue weighted by atomic mass is 32.2. The minimum absolute atomic E-state index is 0.0887. The summed E-state index contributed by atoms with van der Waals surface area (Å²) in [5.41, 5.74) is 1.79.